The molecule has 0 bridgehead atoms. The number of rotatable bonds is 6. The fourth-order valence-electron chi connectivity index (χ4n) is 3.73. The van der Waals surface area contributed by atoms with Crippen molar-refractivity contribution in [3.63, 3.8) is 0 Å². The van der Waals surface area contributed by atoms with Crippen LogP contribution in [-0.4, -0.2) is 64.9 Å². The zero-order valence-electron chi connectivity index (χ0n) is 16.6. The van der Waals surface area contributed by atoms with Crippen molar-refractivity contribution in [1.82, 2.24) is 20.4 Å². The predicted octanol–water partition coefficient (Wildman–Crippen LogP) is 3.30. The zero-order valence-corrected chi connectivity index (χ0v) is 18.9. The summed E-state index contributed by atoms with van der Waals surface area (Å²) in [5.41, 5.74) is 0.651. The van der Waals surface area contributed by atoms with Crippen molar-refractivity contribution in [2.24, 2.45) is 0 Å². The number of nitrogens with zero attached hydrogens (tertiary/aromatic N) is 4. The Morgan fingerprint density at radius 1 is 1.10 bits per heavy atom. The molecule has 0 spiro atoms. The van der Waals surface area contributed by atoms with Crippen molar-refractivity contribution in [3.05, 3.63) is 34.9 Å². The molecule has 10 heteroatoms. The number of halogens is 1. The first kappa shape index (κ1) is 21.4. The van der Waals surface area contributed by atoms with Gasteiger partial charge in [0.25, 0.3) is 5.91 Å². The lowest BCUT2D eigenvalue weighted by molar-refractivity contribution is -0.119. The molecule has 4 rings (SSSR count). The third kappa shape index (κ3) is 5.44. The average molecular weight is 466 g/mol. The highest BCUT2D eigenvalue weighted by molar-refractivity contribution is 8.01. The SMILES string of the molecule is O=C(CSc1nnc(N2CCN(C(=O)c3ccc(Cl)cc3)CC2)s1)NC1CCCC1. The maximum absolute atomic E-state index is 12.6. The van der Waals surface area contributed by atoms with E-state index in [1.54, 1.807) is 24.3 Å². The summed E-state index contributed by atoms with van der Waals surface area (Å²) >= 11 is 8.83. The molecule has 1 saturated heterocycles. The summed E-state index contributed by atoms with van der Waals surface area (Å²) in [4.78, 5) is 28.7. The maximum Gasteiger partial charge on any atom is 0.253 e. The number of benzene rings is 1. The van der Waals surface area contributed by atoms with E-state index in [2.05, 4.69) is 20.4 Å². The van der Waals surface area contributed by atoms with Gasteiger partial charge in [0, 0.05) is 42.8 Å². The molecule has 0 atom stereocenters. The van der Waals surface area contributed by atoms with E-state index in [4.69, 9.17) is 11.6 Å². The van der Waals surface area contributed by atoms with Crippen LogP contribution < -0.4 is 10.2 Å². The van der Waals surface area contributed by atoms with Gasteiger partial charge in [-0.25, -0.2) is 0 Å². The van der Waals surface area contributed by atoms with Gasteiger partial charge in [0.15, 0.2) is 4.34 Å². The van der Waals surface area contributed by atoms with Crippen LogP contribution in [0.1, 0.15) is 36.0 Å². The molecule has 7 nitrogen and oxygen atoms in total. The second-order valence-corrected chi connectivity index (χ2v) is 10.1. The van der Waals surface area contributed by atoms with Gasteiger partial charge in [0.05, 0.1) is 5.75 Å². The van der Waals surface area contributed by atoms with E-state index >= 15 is 0 Å². The number of carbonyl (C=O) groups is 2. The Labute approximate surface area is 189 Å². The Morgan fingerprint density at radius 2 is 1.80 bits per heavy atom. The van der Waals surface area contributed by atoms with E-state index in [1.165, 1.54) is 35.9 Å². The molecular weight excluding hydrogens is 442 g/mol. The molecule has 1 N–H and O–H groups in total. The Hall–Kier alpha value is -1.84. The molecule has 160 valence electrons. The van der Waals surface area contributed by atoms with Crippen LogP contribution in [0.5, 0.6) is 0 Å². The Balaban J connectivity index is 1.24. The van der Waals surface area contributed by atoms with Gasteiger partial charge in [0.2, 0.25) is 11.0 Å². The molecule has 1 aromatic heterocycles. The molecule has 2 heterocycles. The lowest BCUT2D eigenvalue weighted by atomic mass is 10.2. The van der Waals surface area contributed by atoms with Gasteiger partial charge < -0.3 is 15.1 Å². The fourth-order valence-corrected chi connectivity index (χ4v) is 5.56. The largest absolute Gasteiger partial charge is 0.353 e. The third-order valence-electron chi connectivity index (χ3n) is 5.37. The normalized spacial score (nSPS) is 17.4. The number of amides is 2. The smallest absolute Gasteiger partial charge is 0.253 e. The van der Waals surface area contributed by atoms with Crippen molar-refractivity contribution in [2.75, 3.05) is 36.8 Å². The van der Waals surface area contributed by atoms with Gasteiger partial charge in [-0.05, 0) is 37.1 Å². The van der Waals surface area contributed by atoms with Crippen molar-refractivity contribution >= 4 is 51.6 Å². The minimum atomic E-state index is 0.0214. The topological polar surface area (TPSA) is 78.4 Å². The van der Waals surface area contributed by atoms with Gasteiger partial charge in [0.1, 0.15) is 0 Å². The molecule has 1 aliphatic heterocycles. The minimum Gasteiger partial charge on any atom is -0.353 e. The molecule has 1 aliphatic carbocycles. The van der Waals surface area contributed by atoms with E-state index in [-0.39, 0.29) is 11.8 Å². The summed E-state index contributed by atoms with van der Waals surface area (Å²) in [7, 11) is 0. The molecule has 2 aromatic rings. The molecule has 1 aromatic carbocycles. The van der Waals surface area contributed by atoms with Gasteiger partial charge in [-0.2, -0.15) is 0 Å². The van der Waals surface area contributed by atoms with E-state index < -0.39 is 0 Å². The van der Waals surface area contributed by atoms with Crippen molar-refractivity contribution in [2.45, 2.75) is 36.1 Å². The first-order valence-corrected chi connectivity index (χ1v) is 12.3. The predicted molar refractivity (Wildman–Crippen MR) is 121 cm³/mol. The Bertz CT molecular complexity index is 878. The first-order valence-electron chi connectivity index (χ1n) is 10.1. The Morgan fingerprint density at radius 3 is 2.50 bits per heavy atom. The zero-order chi connectivity index (χ0) is 20.9. The Kier molecular flexibility index (Phi) is 7.12. The van der Waals surface area contributed by atoms with Crippen molar-refractivity contribution < 1.29 is 9.59 Å². The highest BCUT2D eigenvalue weighted by Gasteiger charge is 2.24. The van der Waals surface area contributed by atoms with Crippen LogP contribution in [0.15, 0.2) is 28.6 Å². The highest BCUT2D eigenvalue weighted by Crippen LogP contribution is 2.29. The number of carbonyl (C=O) groups excluding carboxylic acids is 2. The van der Waals surface area contributed by atoms with Crippen LogP contribution in [0, 0.1) is 0 Å². The van der Waals surface area contributed by atoms with Gasteiger partial charge >= 0.3 is 0 Å². The van der Waals surface area contributed by atoms with Crippen molar-refractivity contribution in [1.29, 1.82) is 0 Å². The van der Waals surface area contributed by atoms with Crippen LogP contribution in [-0.2, 0) is 4.79 Å². The number of nitrogens with one attached hydrogen (secondary N) is 1. The average Bonchev–Trinajstić information content (AvgIpc) is 3.45. The van der Waals surface area contributed by atoms with E-state index in [0.717, 1.165) is 22.3 Å². The summed E-state index contributed by atoms with van der Waals surface area (Å²) in [5.74, 6) is 0.459. The van der Waals surface area contributed by atoms with E-state index in [9.17, 15) is 9.59 Å². The van der Waals surface area contributed by atoms with Gasteiger partial charge in [-0.15, -0.1) is 10.2 Å². The number of hydrogen-bond donors (Lipinski definition) is 1. The molecule has 0 unspecified atom stereocenters. The summed E-state index contributed by atoms with van der Waals surface area (Å²) in [6, 6.07) is 7.33. The molecule has 2 aliphatic rings. The summed E-state index contributed by atoms with van der Waals surface area (Å²) < 4.78 is 0.797. The van der Waals surface area contributed by atoms with Crippen LogP contribution in [0.25, 0.3) is 0 Å². The number of aromatic nitrogens is 2. The second kappa shape index (κ2) is 9.98. The number of anilines is 1. The molecule has 30 heavy (non-hydrogen) atoms. The molecule has 1 saturated carbocycles. The summed E-state index contributed by atoms with van der Waals surface area (Å²) in [6.45, 7) is 2.68. The molecule has 2 fully saturated rings. The lowest BCUT2D eigenvalue weighted by Gasteiger charge is -2.34. The van der Waals surface area contributed by atoms with Crippen LogP contribution in [0.2, 0.25) is 5.02 Å². The van der Waals surface area contributed by atoms with Gasteiger partial charge in [-0.3, -0.25) is 9.59 Å². The monoisotopic (exact) mass is 465 g/mol. The molecule has 0 radical (unpaired) electrons. The van der Waals surface area contributed by atoms with Crippen molar-refractivity contribution in [3.8, 4) is 0 Å². The van der Waals surface area contributed by atoms with E-state index in [0.29, 0.717) is 48.6 Å². The van der Waals surface area contributed by atoms with E-state index in [1.807, 2.05) is 4.90 Å². The first-order chi connectivity index (χ1) is 14.6. The number of thioether (sulfide) groups is 1. The number of hydrogen-bond acceptors (Lipinski definition) is 7. The molecule has 2 amide bonds. The second-order valence-electron chi connectivity index (χ2n) is 7.47. The molecular formula is C20H24ClN5O2S2. The van der Waals surface area contributed by atoms with Gasteiger partial charge in [-0.1, -0.05) is 47.5 Å². The highest BCUT2D eigenvalue weighted by atomic mass is 35.5. The fraction of sp³-hybridized carbons (Fsp3) is 0.500. The van der Waals surface area contributed by atoms with Crippen LogP contribution >= 0.6 is 34.7 Å². The lowest BCUT2D eigenvalue weighted by Crippen LogP contribution is -2.48. The van der Waals surface area contributed by atoms with Crippen LogP contribution in [0.4, 0.5) is 5.13 Å². The maximum atomic E-state index is 12.6. The summed E-state index contributed by atoms with van der Waals surface area (Å²) in [5, 5.41) is 13.1. The quantitative estimate of drug-likeness (QED) is 0.659. The minimum absolute atomic E-state index is 0.0214. The third-order valence-corrected chi connectivity index (χ3v) is 7.74. The van der Waals surface area contributed by atoms with Crippen LogP contribution in [0.3, 0.4) is 0 Å². The standard InChI is InChI=1S/C20H24ClN5O2S2/c21-15-7-5-14(6-8-15)18(28)25-9-11-26(12-10-25)19-23-24-20(30-19)29-13-17(27)22-16-3-1-2-4-16/h5-8,16H,1-4,9-13H2,(H,22,27). The number of piperazine rings is 1. The summed E-state index contributed by atoms with van der Waals surface area (Å²) in [6.07, 6.45) is 4.59.